The van der Waals surface area contributed by atoms with Gasteiger partial charge in [-0.05, 0) is 35.4 Å². The van der Waals surface area contributed by atoms with Gasteiger partial charge < -0.3 is 4.74 Å². The topological polar surface area (TPSA) is 80.8 Å². The van der Waals surface area contributed by atoms with Gasteiger partial charge in [0.05, 0.1) is 17.7 Å². The van der Waals surface area contributed by atoms with Crippen molar-refractivity contribution < 1.29 is 22.7 Å². The highest BCUT2D eigenvalue weighted by molar-refractivity contribution is 7.98. The minimum absolute atomic E-state index is 0.0471. The lowest BCUT2D eigenvalue weighted by molar-refractivity contribution is -0.141. The summed E-state index contributed by atoms with van der Waals surface area (Å²) < 4.78 is 48.0. The quantitative estimate of drug-likeness (QED) is 0.127. The van der Waals surface area contributed by atoms with Crippen LogP contribution < -0.4 is 4.74 Å². The van der Waals surface area contributed by atoms with Crippen molar-refractivity contribution in [3.05, 3.63) is 100.0 Å². The van der Waals surface area contributed by atoms with Crippen LogP contribution in [0, 0.1) is 11.3 Å². The van der Waals surface area contributed by atoms with Crippen LogP contribution in [0.25, 0.3) is 17.2 Å². The molecule has 6 nitrogen and oxygen atoms in total. The molecule has 0 amide bonds. The molecule has 11 heteroatoms. The number of aromatic nitrogens is 3. The van der Waals surface area contributed by atoms with Crippen molar-refractivity contribution in [3.63, 3.8) is 0 Å². The minimum Gasteiger partial charge on any atom is -0.496 e. The highest BCUT2D eigenvalue weighted by Crippen LogP contribution is 2.38. The number of aryl methyl sites for hydroxylation is 1. The van der Waals surface area contributed by atoms with Crippen LogP contribution >= 0.6 is 23.4 Å². The van der Waals surface area contributed by atoms with E-state index in [4.69, 9.17) is 16.3 Å². The molecule has 0 aliphatic rings. The molecule has 0 radical (unpaired) electrons. The van der Waals surface area contributed by atoms with Crippen molar-refractivity contribution in [2.75, 3.05) is 7.11 Å². The zero-order valence-corrected chi connectivity index (χ0v) is 22.2. The predicted octanol–water partition coefficient (Wildman–Crippen LogP) is 7.22. The van der Waals surface area contributed by atoms with Crippen LogP contribution in [0.4, 0.5) is 13.2 Å². The molecule has 0 atom stereocenters. The number of nitriles is 1. The number of carbonyl (C=O) groups is 1. The van der Waals surface area contributed by atoms with E-state index in [0.29, 0.717) is 22.4 Å². The molecule has 2 aromatic heterocycles. The van der Waals surface area contributed by atoms with E-state index in [1.165, 1.54) is 24.1 Å². The second-order valence-electron chi connectivity index (χ2n) is 8.27. The minimum atomic E-state index is -4.70. The van der Waals surface area contributed by atoms with Crippen molar-refractivity contribution in [2.45, 2.75) is 17.0 Å². The Labute approximate surface area is 231 Å². The van der Waals surface area contributed by atoms with E-state index in [1.807, 2.05) is 6.07 Å². The van der Waals surface area contributed by atoms with E-state index in [-0.39, 0.29) is 38.4 Å². The molecule has 0 unspecified atom stereocenters. The lowest BCUT2D eigenvalue weighted by atomic mass is 10.0. The van der Waals surface area contributed by atoms with Gasteiger partial charge in [-0.25, -0.2) is 4.98 Å². The van der Waals surface area contributed by atoms with E-state index >= 15 is 0 Å². The molecule has 0 bridgehead atoms. The number of benzene rings is 2. The molecule has 39 heavy (non-hydrogen) atoms. The van der Waals surface area contributed by atoms with E-state index in [1.54, 1.807) is 61.7 Å². The van der Waals surface area contributed by atoms with E-state index in [0.717, 1.165) is 17.8 Å². The Kier molecular flexibility index (Phi) is 8.43. The fraction of sp³-hybridized carbons (Fsp3) is 0.143. The summed E-state index contributed by atoms with van der Waals surface area (Å²) in [6, 6.07) is 16.5. The Morgan fingerprint density at radius 2 is 1.95 bits per heavy atom. The number of ether oxygens (including phenoxy) is 1. The number of halogens is 4. The Balaban J connectivity index is 1.66. The second-order valence-corrected chi connectivity index (χ2v) is 9.64. The van der Waals surface area contributed by atoms with E-state index in [2.05, 4.69) is 10.1 Å². The number of alkyl halides is 3. The normalized spacial score (nSPS) is 11.5. The summed E-state index contributed by atoms with van der Waals surface area (Å²) in [6.45, 7) is 0. The zero-order chi connectivity index (χ0) is 28.2. The smallest absolute Gasteiger partial charge is 0.433 e. The number of methoxy groups -OCH3 is 1. The first-order chi connectivity index (χ1) is 18.6. The standard InChI is InChI=1S/C28H20ClF3N4O2S/c1-36-15-22(29)26(35-36)23(37)10-8-17-9-11-24(38-2)19(12-17)16-39-27-21(14-33)20(18-6-4-3-5-7-18)13-25(34-27)28(30,31)32/h3-13,15H,16H2,1-2H3/b10-8+. The summed E-state index contributed by atoms with van der Waals surface area (Å²) in [5, 5.41) is 14.1. The first-order valence-corrected chi connectivity index (χ1v) is 12.8. The number of ketones is 1. The summed E-state index contributed by atoms with van der Waals surface area (Å²) in [7, 11) is 3.13. The van der Waals surface area contributed by atoms with Crippen LogP contribution in [0.2, 0.25) is 5.02 Å². The number of hydrogen-bond acceptors (Lipinski definition) is 6. The average Bonchev–Trinajstić information content (AvgIpc) is 3.27. The Morgan fingerprint density at radius 3 is 2.56 bits per heavy atom. The van der Waals surface area contributed by atoms with Gasteiger partial charge in [0.2, 0.25) is 5.78 Å². The van der Waals surface area contributed by atoms with Gasteiger partial charge in [0, 0.05) is 30.1 Å². The van der Waals surface area contributed by atoms with Gasteiger partial charge in [0.1, 0.15) is 22.5 Å². The van der Waals surface area contributed by atoms with Gasteiger partial charge in [-0.3, -0.25) is 9.48 Å². The SMILES string of the molecule is COc1ccc(/C=C/C(=O)c2nn(C)cc2Cl)cc1CSc1nc(C(F)(F)F)cc(-c2ccccc2)c1C#N. The monoisotopic (exact) mass is 568 g/mol. The highest BCUT2D eigenvalue weighted by atomic mass is 35.5. The first kappa shape index (κ1) is 28.0. The van der Waals surface area contributed by atoms with Gasteiger partial charge in [-0.2, -0.15) is 23.5 Å². The number of hydrogen-bond donors (Lipinski definition) is 0. The van der Waals surface area contributed by atoms with Gasteiger partial charge >= 0.3 is 6.18 Å². The largest absolute Gasteiger partial charge is 0.496 e. The molecule has 0 aliphatic heterocycles. The molecule has 198 valence electrons. The maximum Gasteiger partial charge on any atom is 0.433 e. The first-order valence-electron chi connectivity index (χ1n) is 11.4. The Hall–Kier alpha value is -4.07. The zero-order valence-electron chi connectivity index (χ0n) is 20.7. The van der Waals surface area contributed by atoms with Crippen LogP contribution in [-0.4, -0.2) is 27.7 Å². The molecular formula is C28H20ClF3N4O2S. The van der Waals surface area contributed by atoms with Crippen LogP contribution in [0.1, 0.15) is 32.9 Å². The molecule has 2 heterocycles. The number of carbonyl (C=O) groups excluding carboxylic acids is 1. The molecule has 0 saturated heterocycles. The van der Waals surface area contributed by atoms with Crippen molar-refractivity contribution in [3.8, 4) is 22.9 Å². The van der Waals surface area contributed by atoms with Gasteiger partial charge in [0.15, 0.2) is 5.69 Å². The summed E-state index contributed by atoms with van der Waals surface area (Å²) >= 11 is 7.04. The maximum absolute atomic E-state index is 13.7. The number of nitrogens with zero attached hydrogens (tertiary/aromatic N) is 4. The number of thioether (sulfide) groups is 1. The average molecular weight is 569 g/mol. The van der Waals surface area contributed by atoms with Gasteiger partial charge in [0.25, 0.3) is 0 Å². The number of pyridine rings is 1. The maximum atomic E-state index is 13.7. The summed E-state index contributed by atoms with van der Waals surface area (Å²) in [5.74, 6) is 0.266. The lowest BCUT2D eigenvalue weighted by Crippen LogP contribution is -2.10. The number of allylic oxidation sites excluding steroid dienone is 1. The molecule has 4 aromatic rings. The van der Waals surface area contributed by atoms with Crippen LogP contribution in [-0.2, 0) is 19.0 Å². The van der Waals surface area contributed by atoms with Crippen LogP contribution in [0.3, 0.4) is 0 Å². The predicted molar refractivity (Wildman–Crippen MR) is 144 cm³/mol. The fourth-order valence-corrected chi connectivity index (χ4v) is 5.02. The molecule has 0 saturated carbocycles. The van der Waals surface area contributed by atoms with Crippen molar-refractivity contribution in [1.29, 1.82) is 5.26 Å². The van der Waals surface area contributed by atoms with Crippen molar-refractivity contribution in [2.24, 2.45) is 7.05 Å². The third-order valence-electron chi connectivity index (χ3n) is 5.59. The number of rotatable bonds is 8. The molecule has 0 aliphatic carbocycles. The summed E-state index contributed by atoms with van der Waals surface area (Å²) in [5.41, 5.74) is 0.995. The molecular weight excluding hydrogens is 549 g/mol. The Bertz CT molecular complexity index is 1600. The lowest BCUT2D eigenvalue weighted by Gasteiger charge is -2.15. The van der Waals surface area contributed by atoms with Crippen molar-refractivity contribution >= 4 is 35.2 Å². The molecule has 0 N–H and O–H groups in total. The molecule has 0 spiro atoms. The second kappa shape index (κ2) is 11.8. The van der Waals surface area contributed by atoms with Crippen LogP contribution in [0.15, 0.2) is 71.9 Å². The molecule has 0 fully saturated rings. The van der Waals surface area contributed by atoms with Gasteiger partial charge in [-0.1, -0.05) is 54.1 Å². The highest BCUT2D eigenvalue weighted by Gasteiger charge is 2.34. The summed E-state index contributed by atoms with van der Waals surface area (Å²) in [6.07, 6.45) is -0.261. The Morgan fingerprint density at radius 1 is 1.21 bits per heavy atom. The third kappa shape index (κ3) is 6.50. The molecule has 4 rings (SSSR count). The fourth-order valence-electron chi connectivity index (χ4n) is 3.76. The summed E-state index contributed by atoms with van der Waals surface area (Å²) in [4.78, 5) is 16.3. The van der Waals surface area contributed by atoms with E-state index < -0.39 is 11.9 Å². The molecule has 2 aromatic carbocycles. The van der Waals surface area contributed by atoms with E-state index in [9.17, 15) is 23.2 Å². The van der Waals surface area contributed by atoms with Gasteiger partial charge in [-0.15, -0.1) is 11.8 Å². The van der Waals surface area contributed by atoms with Crippen molar-refractivity contribution in [1.82, 2.24) is 14.8 Å². The van der Waals surface area contributed by atoms with Crippen LogP contribution in [0.5, 0.6) is 5.75 Å². The third-order valence-corrected chi connectivity index (χ3v) is 6.89.